The fourth-order valence-electron chi connectivity index (χ4n) is 4.16. The van der Waals surface area contributed by atoms with Crippen molar-refractivity contribution in [1.29, 1.82) is 0 Å². The molecule has 1 atom stereocenters. The Morgan fingerprint density at radius 3 is 2.38 bits per heavy atom. The second-order valence-corrected chi connectivity index (χ2v) is 11.2. The summed E-state index contributed by atoms with van der Waals surface area (Å²) in [4.78, 5) is 27.7. The van der Waals surface area contributed by atoms with Crippen LogP contribution in [0.15, 0.2) is 71.6 Å². The first-order valence-electron chi connectivity index (χ1n) is 12.6. The summed E-state index contributed by atoms with van der Waals surface area (Å²) in [7, 11) is -4.37. The number of sulfonamides is 1. The van der Waals surface area contributed by atoms with Gasteiger partial charge in [-0.25, -0.2) is 12.8 Å². The van der Waals surface area contributed by atoms with Gasteiger partial charge in [-0.1, -0.05) is 29.8 Å². The molecule has 1 aliphatic rings. The second kappa shape index (κ2) is 12.6. The standard InChI is InChI=1S/C28H29ClFN3O6S/c1-3-31-28(35)19(2)32(17-20-6-4-5-7-24(20)29)27(34)18-33(22-10-8-21(30)9-11-22)40(36,37)23-12-13-25-26(16-23)39-15-14-38-25/h4-13,16,19H,3,14-15,17-18H2,1-2H3,(H,31,35)/t19-/m0/s1. The molecule has 0 aromatic heterocycles. The van der Waals surface area contributed by atoms with Crippen LogP contribution in [-0.4, -0.2) is 57.5 Å². The van der Waals surface area contributed by atoms with Crippen LogP contribution in [0.2, 0.25) is 5.02 Å². The van der Waals surface area contributed by atoms with Crippen molar-refractivity contribution in [2.24, 2.45) is 0 Å². The molecule has 40 heavy (non-hydrogen) atoms. The van der Waals surface area contributed by atoms with Crippen molar-refractivity contribution >= 4 is 39.1 Å². The van der Waals surface area contributed by atoms with Crippen molar-refractivity contribution in [3.05, 3.63) is 83.1 Å². The predicted molar refractivity (Wildman–Crippen MR) is 149 cm³/mol. The van der Waals surface area contributed by atoms with Gasteiger partial charge in [0.25, 0.3) is 10.0 Å². The molecule has 0 unspecified atom stereocenters. The minimum atomic E-state index is -4.37. The third-order valence-corrected chi connectivity index (χ3v) is 8.45. The highest BCUT2D eigenvalue weighted by Crippen LogP contribution is 2.34. The van der Waals surface area contributed by atoms with Gasteiger partial charge in [0.05, 0.1) is 10.6 Å². The molecule has 0 radical (unpaired) electrons. The number of nitrogens with one attached hydrogen (secondary N) is 1. The Morgan fingerprint density at radius 2 is 1.70 bits per heavy atom. The average Bonchev–Trinajstić information content (AvgIpc) is 2.95. The van der Waals surface area contributed by atoms with Gasteiger partial charge in [-0.15, -0.1) is 0 Å². The fraction of sp³-hybridized carbons (Fsp3) is 0.286. The minimum absolute atomic E-state index is 0.0435. The number of fused-ring (bicyclic) bond motifs is 1. The van der Waals surface area contributed by atoms with Gasteiger partial charge in [-0.05, 0) is 61.9 Å². The summed E-state index contributed by atoms with van der Waals surface area (Å²) in [6.07, 6.45) is 0. The first-order chi connectivity index (χ1) is 19.1. The Hall–Kier alpha value is -3.83. The summed E-state index contributed by atoms with van der Waals surface area (Å²) in [5, 5.41) is 3.08. The topological polar surface area (TPSA) is 105 Å². The molecule has 3 aromatic carbocycles. The molecule has 1 N–H and O–H groups in total. The van der Waals surface area contributed by atoms with Crippen LogP contribution >= 0.6 is 11.6 Å². The lowest BCUT2D eigenvalue weighted by Crippen LogP contribution is -2.51. The molecule has 9 nitrogen and oxygen atoms in total. The molecule has 0 fully saturated rings. The number of amides is 2. The summed E-state index contributed by atoms with van der Waals surface area (Å²) in [6, 6.07) is 14.8. The zero-order valence-electron chi connectivity index (χ0n) is 22.0. The van der Waals surface area contributed by atoms with Crippen molar-refractivity contribution < 1.29 is 31.9 Å². The highest BCUT2D eigenvalue weighted by atomic mass is 35.5. The van der Waals surface area contributed by atoms with E-state index in [9.17, 15) is 22.4 Å². The van der Waals surface area contributed by atoms with E-state index in [1.807, 2.05) is 0 Å². The molecular weight excluding hydrogens is 561 g/mol. The predicted octanol–water partition coefficient (Wildman–Crippen LogP) is 4.00. The molecule has 0 aliphatic carbocycles. The van der Waals surface area contributed by atoms with Crippen LogP contribution < -0.4 is 19.1 Å². The van der Waals surface area contributed by atoms with Crippen molar-refractivity contribution in [3.63, 3.8) is 0 Å². The molecule has 2 amide bonds. The molecule has 4 rings (SSSR count). The number of ether oxygens (including phenoxy) is 2. The monoisotopic (exact) mass is 589 g/mol. The van der Waals surface area contributed by atoms with Crippen LogP contribution in [0.3, 0.4) is 0 Å². The van der Waals surface area contributed by atoms with Crippen LogP contribution in [0.25, 0.3) is 0 Å². The largest absolute Gasteiger partial charge is 0.486 e. The molecule has 1 aliphatic heterocycles. The average molecular weight is 590 g/mol. The molecule has 0 spiro atoms. The summed E-state index contributed by atoms with van der Waals surface area (Å²) < 4.78 is 53.6. The molecule has 0 bridgehead atoms. The van der Waals surface area contributed by atoms with Crippen molar-refractivity contribution in [2.45, 2.75) is 31.3 Å². The summed E-state index contributed by atoms with van der Waals surface area (Å²) >= 11 is 6.34. The molecule has 1 heterocycles. The normalized spacial score (nSPS) is 13.3. The molecule has 12 heteroatoms. The van der Waals surface area contributed by atoms with Gasteiger partial charge in [0.1, 0.15) is 31.6 Å². The second-order valence-electron chi connectivity index (χ2n) is 8.98. The maximum atomic E-state index is 13.9. The zero-order chi connectivity index (χ0) is 28.9. The van der Waals surface area contributed by atoms with E-state index in [4.69, 9.17) is 21.1 Å². The lowest BCUT2D eigenvalue weighted by molar-refractivity contribution is -0.139. The fourth-order valence-corrected chi connectivity index (χ4v) is 5.79. The summed E-state index contributed by atoms with van der Waals surface area (Å²) in [6.45, 7) is 3.52. The quantitative estimate of drug-likeness (QED) is 0.383. The summed E-state index contributed by atoms with van der Waals surface area (Å²) in [5.74, 6) is -0.994. The minimum Gasteiger partial charge on any atom is -0.486 e. The van der Waals surface area contributed by atoms with E-state index >= 15 is 0 Å². The number of hydrogen-bond donors (Lipinski definition) is 1. The van der Waals surface area contributed by atoms with Crippen LogP contribution in [0.1, 0.15) is 19.4 Å². The van der Waals surface area contributed by atoms with Crippen LogP contribution in [0, 0.1) is 5.82 Å². The number of carbonyl (C=O) groups is 2. The number of carbonyl (C=O) groups excluding carboxylic acids is 2. The number of benzene rings is 3. The van der Waals surface area contributed by atoms with E-state index < -0.39 is 40.2 Å². The van der Waals surface area contributed by atoms with E-state index in [1.54, 1.807) is 38.1 Å². The van der Waals surface area contributed by atoms with E-state index in [2.05, 4.69) is 5.32 Å². The van der Waals surface area contributed by atoms with Gasteiger partial charge in [0, 0.05) is 24.2 Å². The molecule has 212 valence electrons. The highest BCUT2D eigenvalue weighted by molar-refractivity contribution is 7.92. The Kier molecular flexibility index (Phi) is 9.16. The van der Waals surface area contributed by atoms with E-state index in [0.717, 1.165) is 16.4 Å². The van der Waals surface area contributed by atoms with E-state index in [1.165, 1.54) is 35.2 Å². The van der Waals surface area contributed by atoms with Crippen LogP contribution in [0.4, 0.5) is 10.1 Å². The Morgan fingerprint density at radius 1 is 1.02 bits per heavy atom. The van der Waals surface area contributed by atoms with Crippen molar-refractivity contribution in [1.82, 2.24) is 10.2 Å². The lowest BCUT2D eigenvalue weighted by Gasteiger charge is -2.32. The molecule has 0 saturated heterocycles. The van der Waals surface area contributed by atoms with E-state index in [0.29, 0.717) is 29.5 Å². The third-order valence-electron chi connectivity index (χ3n) is 6.31. The van der Waals surface area contributed by atoms with Gasteiger partial charge in [-0.3, -0.25) is 13.9 Å². The number of halogens is 2. The highest BCUT2D eigenvalue weighted by Gasteiger charge is 2.33. The molecule has 3 aromatic rings. The maximum Gasteiger partial charge on any atom is 0.264 e. The number of nitrogens with zero attached hydrogens (tertiary/aromatic N) is 2. The van der Waals surface area contributed by atoms with Gasteiger partial charge in [0.15, 0.2) is 11.5 Å². The molecular formula is C28H29ClFN3O6S. The summed E-state index contributed by atoms with van der Waals surface area (Å²) in [5.41, 5.74) is 0.643. The zero-order valence-corrected chi connectivity index (χ0v) is 23.5. The number of hydrogen-bond acceptors (Lipinski definition) is 6. The Balaban J connectivity index is 1.73. The number of rotatable bonds is 10. The van der Waals surface area contributed by atoms with Crippen molar-refractivity contribution in [2.75, 3.05) is 30.6 Å². The van der Waals surface area contributed by atoms with E-state index in [-0.39, 0.29) is 29.5 Å². The maximum absolute atomic E-state index is 13.9. The van der Waals surface area contributed by atoms with Gasteiger partial charge < -0.3 is 19.7 Å². The van der Waals surface area contributed by atoms with Crippen LogP contribution in [-0.2, 0) is 26.2 Å². The van der Waals surface area contributed by atoms with Crippen molar-refractivity contribution in [3.8, 4) is 11.5 Å². The molecule has 0 saturated carbocycles. The van der Waals surface area contributed by atoms with Gasteiger partial charge >= 0.3 is 0 Å². The smallest absolute Gasteiger partial charge is 0.264 e. The first kappa shape index (κ1) is 29.2. The Labute approximate surface area is 237 Å². The third kappa shape index (κ3) is 6.48. The Bertz CT molecular complexity index is 1490. The number of anilines is 1. The van der Waals surface area contributed by atoms with Gasteiger partial charge in [0.2, 0.25) is 11.8 Å². The number of likely N-dealkylation sites (N-methyl/N-ethyl adjacent to an activating group) is 1. The van der Waals surface area contributed by atoms with Crippen LogP contribution in [0.5, 0.6) is 11.5 Å². The lowest BCUT2D eigenvalue weighted by atomic mass is 10.1. The first-order valence-corrected chi connectivity index (χ1v) is 14.4. The SMILES string of the molecule is CCNC(=O)[C@H](C)N(Cc1ccccc1Cl)C(=O)CN(c1ccc(F)cc1)S(=O)(=O)c1ccc2c(c1)OCCO2. The van der Waals surface area contributed by atoms with Gasteiger partial charge in [-0.2, -0.15) is 0 Å².